The predicted molar refractivity (Wildman–Crippen MR) is 79.0 cm³/mol. The van der Waals surface area contributed by atoms with Gasteiger partial charge in [0.1, 0.15) is 11.5 Å². The van der Waals surface area contributed by atoms with Crippen LogP contribution in [0.3, 0.4) is 0 Å². The van der Waals surface area contributed by atoms with Crippen LogP contribution in [0.5, 0.6) is 0 Å². The van der Waals surface area contributed by atoms with Gasteiger partial charge in [0.05, 0.1) is 18.9 Å². The van der Waals surface area contributed by atoms with Crippen molar-refractivity contribution in [3.8, 4) is 0 Å². The maximum atomic E-state index is 13.0. The largest absolute Gasteiger partial charge is 0.377 e. The predicted octanol–water partition coefficient (Wildman–Crippen LogP) is 0.806. The Kier molecular flexibility index (Phi) is 3.05. The van der Waals surface area contributed by atoms with Gasteiger partial charge in [-0.3, -0.25) is 4.79 Å². The van der Waals surface area contributed by atoms with Crippen LogP contribution in [0.25, 0.3) is 0 Å². The molecule has 0 radical (unpaired) electrons. The molecule has 2 saturated heterocycles. The van der Waals surface area contributed by atoms with Crippen molar-refractivity contribution in [2.24, 2.45) is 10.5 Å². The number of nitrogens with zero attached hydrogens (tertiary/aromatic N) is 2. The Hall–Kier alpha value is -1.72. The molecule has 3 heterocycles. The number of nitrogens with one attached hydrogen (secondary N) is 1. The fourth-order valence-corrected chi connectivity index (χ4v) is 3.39. The molecule has 1 amide bonds. The van der Waals surface area contributed by atoms with Gasteiger partial charge in [-0.05, 0) is 12.0 Å². The van der Waals surface area contributed by atoms with E-state index >= 15 is 0 Å². The van der Waals surface area contributed by atoms with Crippen LogP contribution in [-0.2, 0) is 16.0 Å². The van der Waals surface area contributed by atoms with Gasteiger partial charge in [0.2, 0.25) is 0 Å². The lowest BCUT2D eigenvalue weighted by molar-refractivity contribution is -0.148. The molecule has 0 bridgehead atoms. The van der Waals surface area contributed by atoms with E-state index in [1.807, 2.05) is 18.2 Å². The molecule has 0 saturated carbocycles. The SMILES string of the molecule is O=C1N(C2COC2)N=C2CCNCC12Cc1ccccc1. The first-order chi connectivity index (χ1) is 10.3. The highest BCUT2D eigenvalue weighted by molar-refractivity contribution is 6.13. The van der Waals surface area contributed by atoms with Crippen molar-refractivity contribution in [3.05, 3.63) is 35.9 Å². The lowest BCUT2D eigenvalue weighted by Crippen LogP contribution is -2.56. The summed E-state index contributed by atoms with van der Waals surface area (Å²) in [6.07, 6.45) is 1.57. The minimum atomic E-state index is -0.491. The summed E-state index contributed by atoms with van der Waals surface area (Å²) in [5.74, 6) is 0.141. The maximum Gasteiger partial charge on any atom is 0.256 e. The topological polar surface area (TPSA) is 53.9 Å². The van der Waals surface area contributed by atoms with Crippen molar-refractivity contribution >= 4 is 11.6 Å². The molecule has 0 aromatic heterocycles. The minimum absolute atomic E-state index is 0.128. The van der Waals surface area contributed by atoms with Crippen LogP contribution in [-0.4, -0.2) is 49.0 Å². The molecule has 5 nitrogen and oxygen atoms in total. The molecule has 1 N–H and O–H groups in total. The first kappa shape index (κ1) is 13.0. The highest BCUT2D eigenvalue weighted by Gasteiger charge is 2.53. The number of piperidine rings is 1. The second-order valence-electron chi connectivity index (χ2n) is 6.06. The van der Waals surface area contributed by atoms with Crippen LogP contribution in [0.2, 0.25) is 0 Å². The van der Waals surface area contributed by atoms with Crippen LogP contribution < -0.4 is 5.32 Å². The summed E-state index contributed by atoms with van der Waals surface area (Å²) >= 11 is 0. The van der Waals surface area contributed by atoms with Crippen molar-refractivity contribution < 1.29 is 9.53 Å². The molecule has 4 rings (SSSR count). The van der Waals surface area contributed by atoms with Crippen molar-refractivity contribution in [1.82, 2.24) is 10.3 Å². The summed E-state index contributed by atoms with van der Waals surface area (Å²) in [5.41, 5.74) is 1.74. The summed E-state index contributed by atoms with van der Waals surface area (Å²) in [7, 11) is 0. The number of carbonyl (C=O) groups is 1. The van der Waals surface area contributed by atoms with Gasteiger partial charge in [-0.25, -0.2) is 5.01 Å². The fraction of sp³-hybridized carbons (Fsp3) is 0.500. The Morgan fingerprint density at radius 2 is 2.14 bits per heavy atom. The average Bonchev–Trinajstić information content (AvgIpc) is 2.73. The zero-order chi connectivity index (χ0) is 14.3. The molecular weight excluding hydrogens is 266 g/mol. The Morgan fingerprint density at radius 3 is 2.86 bits per heavy atom. The molecule has 5 heteroatoms. The molecule has 1 unspecified atom stereocenters. The van der Waals surface area contributed by atoms with Gasteiger partial charge >= 0.3 is 0 Å². The molecule has 2 fully saturated rings. The maximum absolute atomic E-state index is 13.0. The number of benzene rings is 1. The summed E-state index contributed by atoms with van der Waals surface area (Å²) in [5, 5.41) is 9.73. The second-order valence-corrected chi connectivity index (χ2v) is 6.06. The third kappa shape index (κ3) is 2.00. The number of carbonyl (C=O) groups excluding carboxylic acids is 1. The number of hydrazone groups is 1. The Bertz CT molecular complexity index is 582. The van der Waals surface area contributed by atoms with Gasteiger partial charge in [0.25, 0.3) is 5.91 Å². The summed E-state index contributed by atoms with van der Waals surface area (Å²) in [4.78, 5) is 13.0. The number of amides is 1. The van der Waals surface area contributed by atoms with Gasteiger partial charge in [-0.15, -0.1) is 0 Å². The van der Waals surface area contributed by atoms with Crippen LogP contribution in [0, 0.1) is 5.41 Å². The van der Waals surface area contributed by atoms with E-state index in [2.05, 4.69) is 22.6 Å². The van der Waals surface area contributed by atoms with Gasteiger partial charge in [0, 0.05) is 19.5 Å². The number of ether oxygens (including phenoxy) is 1. The normalized spacial score (nSPS) is 29.0. The van der Waals surface area contributed by atoms with E-state index in [4.69, 9.17) is 4.74 Å². The third-order valence-electron chi connectivity index (χ3n) is 4.68. The zero-order valence-corrected chi connectivity index (χ0v) is 11.9. The van der Waals surface area contributed by atoms with Crippen LogP contribution in [0.4, 0.5) is 0 Å². The summed E-state index contributed by atoms with van der Waals surface area (Å²) in [6.45, 7) is 2.80. The molecule has 21 heavy (non-hydrogen) atoms. The Labute approximate surface area is 124 Å². The standard InChI is InChI=1S/C16H19N3O2/c20-15-16(8-12-4-2-1-3-5-12)11-17-7-6-14(16)18-19(15)13-9-21-10-13/h1-5,13,17H,6-11H2. The van der Waals surface area contributed by atoms with E-state index in [-0.39, 0.29) is 11.9 Å². The van der Waals surface area contributed by atoms with Crippen molar-refractivity contribution in [1.29, 1.82) is 0 Å². The first-order valence-corrected chi connectivity index (χ1v) is 7.54. The van der Waals surface area contributed by atoms with E-state index in [0.717, 1.165) is 25.1 Å². The fourth-order valence-electron chi connectivity index (χ4n) is 3.39. The van der Waals surface area contributed by atoms with E-state index in [9.17, 15) is 4.79 Å². The lowest BCUT2D eigenvalue weighted by Gasteiger charge is -2.36. The molecule has 1 atom stereocenters. The molecule has 1 aromatic carbocycles. The van der Waals surface area contributed by atoms with Crippen molar-refractivity contribution in [3.63, 3.8) is 0 Å². The lowest BCUT2D eigenvalue weighted by atomic mass is 9.74. The third-order valence-corrected chi connectivity index (χ3v) is 4.68. The van der Waals surface area contributed by atoms with Crippen molar-refractivity contribution in [2.45, 2.75) is 18.9 Å². The van der Waals surface area contributed by atoms with E-state index < -0.39 is 5.41 Å². The molecule has 3 aliphatic heterocycles. The molecular formula is C16H19N3O2. The number of rotatable bonds is 3. The molecule has 110 valence electrons. The smallest absolute Gasteiger partial charge is 0.256 e. The Morgan fingerprint density at radius 1 is 1.33 bits per heavy atom. The minimum Gasteiger partial charge on any atom is -0.377 e. The van der Waals surface area contributed by atoms with Gasteiger partial charge in [-0.2, -0.15) is 5.10 Å². The summed E-state index contributed by atoms with van der Waals surface area (Å²) in [6, 6.07) is 10.4. The number of fused-ring (bicyclic) bond motifs is 1. The van der Waals surface area contributed by atoms with Gasteiger partial charge in [-0.1, -0.05) is 30.3 Å². The molecule has 0 spiro atoms. The van der Waals surface area contributed by atoms with Gasteiger partial charge < -0.3 is 10.1 Å². The highest BCUT2D eigenvalue weighted by atomic mass is 16.5. The highest BCUT2D eigenvalue weighted by Crippen LogP contribution is 2.37. The van der Waals surface area contributed by atoms with Crippen molar-refractivity contribution in [2.75, 3.05) is 26.3 Å². The molecule has 3 aliphatic rings. The number of hydrogen-bond acceptors (Lipinski definition) is 4. The quantitative estimate of drug-likeness (QED) is 0.894. The second kappa shape index (κ2) is 4.93. The Balaban J connectivity index is 1.67. The first-order valence-electron chi connectivity index (χ1n) is 7.54. The van der Waals surface area contributed by atoms with Crippen LogP contribution in [0.15, 0.2) is 35.4 Å². The summed E-state index contributed by atoms with van der Waals surface area (Å²) < 4.78 is 5.22. The molecule has 1 aromatic rings. The van der Waals surface area contributed by atoms with E-state index in [1.54, 1.807) is 5.01 Å². The zero-order valence-electron chi connectivity index (χ0n) is 11.9. The number of hydrogen-bond donors (Lipinski definition) is 1. The average molecular weight is 285 g/mol. The van der Waals surface area contributed by atoms with E-state index in [0.29, 0.717) is 19.8 Å². The van der Waals surface area contributed by atoms with Crippen LogP contribution in [0.1, 0.15) is 12.0 Å². The van der Waals surface area contributed by atoms with E-state index in [1.165, 1.54) is 5.56 Å². The molecule has 0 aliphatic carbocycles. The monoisotopic (exact) mass is 285 g/mol. The van der Waals surface area contributed by atoms with Crippen LogP contribution >= 0.6 is 0 Å². The van der Waals surface area contributed by atoms with Gasteiger partial charge in [0.15, 0.2) is 0 Å².